The first-order valence-electron chi connectivity index (χ1n) is 19.1. The molecule has 0 aromatic rings. The maximum Gasteiger partial charge on any atom is 0.329 e. The Morgan fingerprint density at radius 1 is 0.623 bits per heavy atom. The predicted octanol–water partition coefficient (Wildman–Crippen LogP) is 4.94. The van der Waals surface area contributed by atoms with Gasteiger partial charge >= 0.3 is 17.9 Å². The average molecular weight is 776 g/mol. The third-order valence-corrected chi connectivity index (χ3v) is 8.54. The van der Waals surface area contributed by atoms with E-state index in [1.54, 1.807) is 20.8 Å². The Morgan fingerprint density at radius 2 is 1.13 bits per heavy atom. The van der Waals surface area contributed by atoms with Gasteiger partial charge in [-0.05, 0) is 91.1 Å². The summed E-state index contributed by atoms with van der Waals surface area (Å²) in [4.78, 5) is 73.0. The minimum absolute atomic E-state index is 0.0104. The van der Waals surface area contributed by atoms with E-state index in [0.717, 1.165) is 56.5 Å². The molecule has 0 heterocycles. The van der Waals surface area contributed by atoms with Gasteiger partial charge in [0.1, 0.15) is 29.9 Å². The zero-order valence-electron chi connectivity index (χ0n) is 33.6. The second kappa shape index (κ2) is 28.5. The van der Waals surface area contributed by atoms with Crippen LogP contribution in [0, 0.1) is 5.92 Å². The van der Waals surface area contributed by atoms with Crippen molar-refractivity contribution in [3.63, 3.8) is 0 Å². The molecule has 0 radical (unpaired) electrons. The molecule has 2 unspecified atom stereocenters. The highest BCUT2D eigenvalue weighted by Gasteiger charge is 2.29. The lowest BCUT2D eigenvalue weighted by Crippen LogP contribution is -2.47. The molecule has 308 valence electrons. The molecule has 3 amide bonds. The third kappa shape index (κ3) is 31.2. The van der Waals surface area contributed by atoms with Gasteiger partial charge in [-0.25, -0.2) is 14.4 Å². The largest absolute Gasteiger partial charge is 0.480 e. The molecule has 0 aliphatic rings. The number of aliphatic carboxylic acids is 1. The van der Waals surface area contributed by atoms with E-state index >= 15 is 0 Å². The number of unbranched alkanes of at least 4 members (excludes halogenated alkanes) is 6. The Bertz CT molecular complexity index is 1090. The van der Waals surface area contributed by atoms with Crippen LogP contribution < -0.4 is 16.0 Å². The molecule has 0 aromatic carbocycles. The number of amides is 3. The Balaban J connectivity index is 4.16. The van der Waals surface area contributed by atoms with Crippen molar-refractivity contribution in [2.45, 2.75) is 156 Å². The lowest BCUT2D eigenvalue weighted by Gasteiger charge is -2.26. The van der Waals surface area contributed by atoms with E-state index in [2.05, 4.69) is 16.0 Å². The number of nitrogens with one attached hydrogen (secondary N) is 3. The molecule has 0 spiro atoms. The van der Waals surface area contributed by atoms with Gasteiger partial charge in [0, 0.05) is 25.8 Å². The number of carbonyl (C=O) groups is 6. The van der Waals surface area contributed by atoms with Crippen molar-refractivity contribution in [2.24, 2.45) is 5.92 Å². The molecule has 0 aliphatic carbocycles. The summed E-state index contributed by atoms with van der Waals surface area (Å²) in [6.07, 6.45) is 8.37. The first kappa shape index (κ1) is 50.1. The standard InChI is InChI=1S/C38H69N3O11S/c1-28(2)34(36(48)52-38(6,7)8)41-32(44)18-13-10-9-11-15-25-53-26-16-12-14-17-31(43)40-29(35(47)51-37(3,4)5)19-20-30(42)39-21-22-49-23-24-50-27-33(45)46/h28-29,34H,9-27H2,1-8H3,(H,39,42)(H,40,43)(H,41,44)(H,45,46). The van der Waals surface area contributed by atoms with Crippen LogP contribution in [0.4, 0.5) is 0 Å². The van der Waals surface area contributed by atoms with Crippen molar-refractivity contribution in [2.75, 3.05) is 44.5 Å². The van der Waals surface area contributed by atoms with E-state index < -0.39 is 47.8 Å². The molecule has 0 rings (SSSR count). The summed E-state index contributed by atoms with van der Waals surface area (Å²) in [5, 5.41) is 16.8. The molecule has 2 atom stereocenters. The number of carboxylic acids is 1. The lowest BCUT2D eigenvalue weighted by atomic mass is 10.0. The maximum absolute atomic E-state index is 12.8. The Kier molecular flexibility index (Phi) is 27.0. The Hall–Kier alpha value is -2.91. The predicted molar refractivity (Wildman–Crippen MR) is 205 cm³/mol. The van der Waals surface area contributed by atoms with Crippen LogP contribution in [-0.4, -0.2) is 108 Å². The summed E-state index contributed by atoms with van der Waals surface area (Å²) in [7, 11) is 0. The SMILES string of the molecule is CC(C)C(NC(=O)CCCCCCCSCCCCCC(=O)NC(CCC(=O)NCCOCCOCC(=O)O)C(=O)OC(C)(C)C)C(=O)OC(C)(C)C. The van der Waals surface area contributed by atoms with Gasteiger partial charge in [0.25, 0.3) is 0 Å². The van der Waals surface area contributed by atoms with Gasteiger partial charge in [0.15, 0.2) is 0 Å². The molecule has 0 aromatic heterocycles. The highest BCUT2D eigenvalue weighted by atomic mass is 32.2. The number of rotatable bonds is 30. The summed E-state index contributed by atoms with van der Waals surface area (Å²) in [6.45, 7) is 14.8. The highest BCUT2D eigenvalue weighted by molar-refractivity contribution is 7.99. The van der Waals surface area contributed by atoms with Crippen molar-refractivity contribution < 1.29 is 52.8 Å². The van der Waals surface area contributed by atoms with Gasteiger partial charge in [-0.2, -0.15) is 11.8 Å². The van der Waals surface area contributed by atoms with Crippen LogP contribution in [0.5, 0.6) is 0 Å². The normalized spacial score (nSPS) is 12.8. The quantitative estimate of drug-likeness (QED) is 0.0568. The molecule has 0 saturated carbocycles. The van der Waals surface area contributed by atoms with Crippen LogP contribution in [-0.2, 0) is 47.7 Å². The second-order valence-electron chi connectivity index (χ2n) is 15.4. The molecular formula is C38H69N3O11S. The fraction of sp³-hybridized carbons (Fsp3) is 0.842. The number of esters is 2. The molecule has 4 N–H and O–H groups in total. The monoisotopic (exact) mass is 775 g/mol. The van der Waals surface area contributed by atoms with Crippen molar-refractivity contribution in [1.82, 2.24) is 16.0 Å². The smallest absolute Gasteiger partial charge is 0.329 e. The first-order chi connectivity index (χ1) is 24.8. The number of thioether (sulfide) groups is 1. The molecule has 0 fully saturated rings. The van der Waals surface area contributed by atoms with E-state index in [-0.39, 0.29) is 69.3 Å². The fourth-order valence-corrected chi connectivity index (χ4v) is 5.81. The number of ether oxygens (including phenoxy) is 4. The zero-order chi connectivity index (χ0) is 40.3. The van der Waals surface area contributed by atoms with Crippen LogP contribution in [0.2, 0.25) is 0 Å². The minimum Gasteiger partial charge on any atom is -0.480 e. The average Bonchev–Trinajstić information content (AvgIpc) is 3.03. The van der Waals surface area contributed by atoms with Gasteiger partial charge in [0.05, 0.1) is 19.8 Å². The van der Waals surface area contributed by atoms with Crippen molar-refractivity contribution in [3.05, 3.63) is 0 Å². The molecule has 0 aliphatic heterocycles. The summed E-state index contributed by atoms with van der Waals surface area (Å²) < 4.78 is 21.1. The number of carbonyl (C=O) groups excluding carboxylic acids is 5. The van der Waals surface area contributed by atoms with Crippen LogP contribution in [0.25, 0.3) is 0 Å². The van der Waals surface area contributed by atoms with E-state index in [9.17, 15) is 28.8 Å². The molecule has 0 bridgehead atoms. The van der Waals surface area contributed by atoms with E-state index in [0.29, 0.717) is 12.8 Å². The van der Waals surface area contributed by atoms with Gasteiger partial charge in [0.2, 0.25) is 17.7 Å². The topological polar surface area (TPSA) is 196 Å². The first-order valence-corrected chi connectivity index (χ1v) is 20.2. The van der Waals surface area contributed by atoms with Gasteiger partial charge < -0.3 is 40.0 Å². The Morgan fingerprint density at radius 3 is 1.70 bits per heavy atom. The van der Waals surface area contributed by atoms with Crippen LogP contribution in [0.3, 0.4) is 0 Å². The summed E-state index contributed by atoms with van der Waals surface area (Å²) in [6, 6.07) is -1.58. The van der Waals surface area contributed by atoms with Gasteiger partial charge in [-0.3, -0.25) is 14.4 Å². The minimum atomic E-state index is -1.06. The van der Waals surface area contributed by atoms with Crippen molar-refractivity contribution in [3.8, 4) is 0 Å². The van der Waals surface area contributed by atoms with Gasteiger partial charge in [-0.15, -0.1) is 0 Å². The zero-order valence-corrected chi connectivity index (χ0v) is 34.4. The van der Waals surface area contributed by atoms with E-state index in [1.165, 1.54) is 0 Å². The van der Waals surface area contributed by atoms with E-state index in [1.807, 2.05) is 46.4 Å². The summed E-state index contributed by atoms with van der Waals surface area (Å²) in [5.41, 5.74) is -1.34. The second-order valence-corrected chi connectivity index (χ2v) is 16.6. The van der Waals surface area contributed by atoms with Crippen LogP contribution in [0.1, 0.15) is 132 Å². The number of hydrogen-bond acceptors (Lipinski definition) is 11. The summed E-state index contributed by atoms with van der Waals surface area (Å²) in [5.74, 6) is -0.694. The molecule has 14 nitrogen and oxygen atoms in total. The third-order valence-electron chi connectivity index (χ3n) is 7.38. The van der Waals surface area contributed by atoms with Crippen molar-refractivity contribution >= 4 is 47.4 Å². The Labute approximate surface area is 321 Å². The fourth-order valence-electron chi connectivity index (χ4n) is 4.79. The van der Waals surface area contributed by atoms with E-state index in [4.69, 9.17) is 24.1 Å². The van der Waals surface area contributed by atoms with Crippen molar-refractivity contribution in [1.29, 1.82) is 0 Å². The molecule has 0 saturated heterocycles. The number of hydrogen-bond donors (Lipinski definition) is 4. The van der Waals surface area contributed by atoms with Crippen LogP contribution >= 0.6 is 11.8 Å². The number of carboxylic acid groups (broad SMARTS) is 1. The highest BCUT2D eigenvalue weighted by Crippen LogP contribution is 2.15. The molecule has 53 heavy (non-hydrogen) atoms. The molecular weight excluding hydrogens is 706 g/mol. The maximum atomic E-state index is 12.8. The van der Waals surface area contributed by atoms with Gasteiger partial charge in [-0.1, -0.05) is 39.5 Å². The lowest BCUT2D eigenvalue weighted by molar-refractivity contribution is -0.160. The molecule has 15 heteroatoms. The van der Waals surface area contributed by atoms with Crippen LogP contribution in [0.15, 0.2) is 0 Å². The summed E-state index contributed by atoms with van der Waals surface area (Å²) >= 11 is 1.90.